The molecule has 2 heterocycles. The van der Waals surface area contributed by atoms with E-state index in [9.17, 15) is 24.5 Å². The van der Waals surface area contributed by atoms with Crippen molar-refractivity contribution in [3.8, 4) is 0 Å². The van der Waals surface area contributed by atoms with Crippen molar-refractivity contribution in [3.63, 3.8) is 0 Å². The van der Waals surface area contributed by atoms with Crippen LogP contribution >= 0.6 is 0 Å². The summed E-state index contributed by atoms with van der Waals surface area (Å²) in [5, 5.41) is 11.7. The minimum absolute atomic E-state index is 0.0968. The highest BCUT2D eigenvalue weighted by atomic mass is 16.6. The summed E-state index contributed by atoms with van der Waals surface area (Å²) in [7, 11) is 0. The number of rotatable bonds is 5. The number of nitro benzene ring substituents is 1. The van der Waals surface area contributed by atoms with E-state index in [-0.39, 0.29) is 12.3 Å². The largest absolute Gasteiger partial charge is 0.456 e. The number of aromatic nitrogens is 1. The maximum atomic E-state index is 11.8. The van der Waals surface area contributed by atoms with Gasteiger partial charge >= 0.3 is 17.9 Å². The third-order valence-corrected chi connectivity index (χ3v) is 4.53. The zero-order valence-electron chi connectivity index (χ0n) is 16.5. The van der Waals surface area contributed by atoms with Crippen LogP contribution in [0.4, 0.5) is 5.69 Å². The van der Waals surface area contributed by atoms with E-state index in [1.807, 2.05) is 0 Å². The molecule has 1 aromatic carbocycles. The fourth-order valence-corrected chi connectivity index (χ4v) is 3.51. The smallest absolute Gasteiger partial charge is 0.303 e. The number of hydrogen-bond acceptors (Lipinski definition) is 9. The van der Waals surface area contributed by atoms with Crippen LogP contribution in [-0.4, -0.2) is 52.3 Å². The molecule has 0 bridgehead atoms. The molecule has 1 fully saturated rings. The fraction of sp³-hybridized carbons (Fsp3) is 0.421. The van der Waals surface area contributed by atoms with Gasteiger partial charge in [0, 0.05) is 33.0 Å². The minimum atomic E-state index is -1.17. The quantitative estimate of drug-likeness (QED) is 0.307. The molecule has 1 aromatic heterocycles. The number of fused-ring (bicyclic) bond motifs is 1. The molecule has 11 nitrogen and oxygen atoms in total. The number of esters is 3. The van der Waals surface area contributed by atoms with E-state index in [4.69, 9.17) is 18.9 Å². The van der Waals surface area contributed by atoms with Gasteiger partial charge < -0.3 is 23.5 Å². The second-order valence-corrected chi connectivity index (χ2v) is 6.71. The van der Waals surface area contributed by atoms with Crippen LogP contribution in [0.5, 0.6) is 0 Å². The highest BCUT2D eigenvalue weighted by Gasteiger charge is 2.47. The average Bonchev–Trinajstić information content (AvgIpc) is 3.07. The van der Waals surface area contributed by atoms with Crippen LogP contribution in [0.2, 0.25) is 0 Å². The Morgan fingerprint density at radius 2 is 1.67 bits per heavy atom. The standard InChI is InChI=1S/C19H20N2O9/c1-10(22)28-16-9-27-19(18(30-12(3)24)17(16)29-11(2)23)20-8-7-13-14(20)5-4-6-15(13)21(25)26/h4-8,16-19H,9H2,1-3H3/t16-,17+,18-,19-/m1/s1. The normalized spacial score (nSPS) is 23.6. The van der Waals surface area contributed by atoms with Crippen LogP contribution in [0.1, 0.15) is 27.0 Å². The molecule has 11 heteroatoms. The molecule has 0 radical (unpaired) electrons. The zero-order chi connectivity index (χ0) is 22.0. The number of non-ortho nitro benzene ring substituents is 1. The van der Waals surface area contributed by atoms with Crippen molar-refractivity contribution in [2.75, 3.05) is 6.61 Å². The lowest BCUT2D eigenvalue weighted by molar-refractivity contribution is -0.383. The van der Waals surface area contributed by atoms with Crippen LogP contribution in [0.15, 0.2) is 30.5 Å². The zero-order valence-corrected chi connectivity index (χ0v) is 16.5. The van der Waals surface area contributed by atoms with Gasteiger partial charge in [0.15, 0.2) is 24.5 Å². The van der Waals surface area contributed by atoms with Crippen LogP contribution in [0, 0.1) is 10.1 Å². The van der Waals surface area contributed by atoms with Gasteiger partial charge in [-0.05, 0) is 12.1 Å². The Kier molecular flexibility index (Phi) is 6.01. The summed E-state index contributed by atoms with van der Waals surface area (Å²) in [5.74, 6) is -1.96. The Labute approximate surface area is 170 Å². The third-order valence-electron chi connectivity index (χ3n) is 4.53. The molecule has 2 aromatic rings. The van der Waals surface area contributed by atoms with Crippen molar-refractivity contribution < 1.29 is 38.3 Å². The summed E-state index contributed by atoms with van der Waals surface area (Å²) >= 11 is 0. The summed E-state index contributed by atoms with van der Waals surface area (Å²) in [4.78, 5) is 45.7. The highest BCUT2D eigenvalue weighted by molar-refractivity contribution is 5.89. The Hall–Kier alpha value is -3.47. The average molecular weight is 420 g/mol. The number of nitrogens with zero attached hydrogens (tertiary/aromatic N) is 2. The Morgan fingerprint density at radius 1 is 1.03 bits per heavy atom. The lowest BCUT2D eigenvalue weighted by Gasteiger charge is -2.41. The van der Waals surface area contributed by atoms with Gasteiger partial charge in [-0.15, -0.1) is 0 Å². The minimum Gasteiger partial charge on any atom is -0.456 e. The number of ether oxygens (including phenoxy) is 4. The molecule has 1 aliphatic rings. The monoisotopic (exact) mass is 420 g/mol. The van der Waals surface area contributed by atoms with Gasteiger partial charge in [0.2, 0.25) is 0 Å². The van der Waals surface area contributed by atoms with E-state index in [1.165, 1.54) is 32.9 Å². The van der Waals surface area contributed by atoms with Gasteiger partial charge in [-0.2, -0.15) is 0 Å². The molecule has 0 N–H and O–H groups in total. The summed E-state index contributed by atoms with van der Waals surface area (Å²) in [6.45, 7) is 3.40. The van der Waals surface area contributed by atoms with E-state index in [0.29, 0.717) is 10.9 Å². The first-order valence-electron chi connectivity index (χ1n) is 9.06. The van der Waals surface area contributed by atoms with E-state index in [2.05, 4.69) is 0 Å². The van der Waals surface area contributed by atoms with Gasteiger partial charge in [-0.1, -0.05) is 6.07 Å². The molecule has 0 spiro atoms. The predicted molar refractivity (Wildman–Crippen MR) is 100 cm³/mol. The van der Waals surface area contributed by atoms with Crippen molar-refractivity contribution in [1.29, 1.82) is 0 Å². The Morgan fingerprint density at radius 3 is 2.27 bits per heavy atom. The summed E-state index contributed by atoms with van der Waals surface area (Å²) < 4.78 is 23.3. The first-order valence-corrected chi connectivity index (χ1v) is 9.06. The number of benzene rings is 1. The molecule has 0 aliphatic carbocycles. The lowest BCUT2D eigenvalue weighted by atomic mass is 10.0. The number of carbonyl (C=O) groups is 3. The van der Waals surface area contributed by atoms with Crippen LogP contribution in [-0.2, 0) is 33.3 Å². The second-order valence-electron chi connectivity index (χ2n) is 6.71. The topological polar surface area (TPSA) is 136 Å². The molecule has 1 aliphatic heterocycles. The Balaban J connectivity index is 2.07. The number of nitro groups is 1. The highest BCUT2D eigenvalue weighted by Crippen LogP contribution is 2.35. The first-order chi connectivity index (χ1) is 14.2. The summed E-state index contributed by atoms with van der Waals surface area (Å²) in [6.07, 6.45) is -2.73. The Bertz CT molecular complexity index is 999. The van der Waals surface area contributed by atoms with Gasteiger partial charge in [0.05, 0.1) is 22.4 Å². The van der Waals surface area contributed by atoms with Crippen molar-refractivity contribution in [2.45, 2.75) is 45.3 Å². The van der Waals surface area contributed by atoms with Crippen molar-refractivity contribution in [2.24, 2.45) is 0 Å². The van der Waals surface area contributed by atoms with Gasteiger partial charge in [0.25, 0.3) is 5.69 Å². The molecular weight excluding hydrogens is 400 g/mol. The van der Waals surface area contributed by atoms with E-state index in [0.717, 1.165) is 0 Å². The van der Waals surface area contributed by atoms with E-state index >= 15 is 0 Å². The molecule has 3 rings (SSSR count). The first kappa shape index (κ1) is 21.2. The van der Waals surface area contributed by atoms with Gasteiger partial charge in [0.1, 0.15) is 0 Å². The van der Waals surface area contributed by atoms with Crippen molar-refractivity contribution >= 4 is 34.5 Å². The number of hydrogen-bond donors (Lipinski definition) is 0. The van der Waals surface area contributed by atoms with Gasteiger partial charge in [-0.25, -0.2) is 0 Å². The maximum absolute atomic E-state index is 11.8. The van der Waals surface area contributed by atoms with Crippen molar-refractivity contribution in [3.05, 3.63) is 40.6 Å². The maximum Gasteiger partial charge on any atom is 0.303 e. The molecule has 1 saturated heterocycles. The van der Waals surface area contributed by atoms with Crippen LogP contribution in [0.3, 0.4) is 0 Å². The van der Waals surface area contributed by atoms with Crippen molar-refractivity contribution in [1.82, 2.24) is 4.57 Å². The van der Waals surface area contributed by atoms with Crippen LogP contribution < -0.4 is 0 Å². The third kappa shape index (κ3) is 4.25. The second kappa shape index (κ2) is 8.49. The SMILES string of the molecule is CC(=O)O[C@@H]1[C@@H](OC(C)=O)[C@H](OC(C)=O)CO[C@H]1n1ccc2c([N+](=O)[O-])cccc21. The van der Waals surface area contributed by atoms with Crippen LogP contribution in [0.25, 0.3) is 10.9 Å². The molecule has 160 valence electrons. The van der Waals surface area contributed by atoms with Gasteiger partial charge in [-0.3, -0.25) is 24.5 Å². The molecule has 30 heavy (non-hydrogen) atoms. The lowest BCUT2D eigenvalue weighted by Crippen LogP contribution is -2.55. The molecule has 0 saturated carbocycles. The summed E-state index contributed by atoms with van der Waals surface area (Å²) in [5.41, 5.74) is 0.360. The molecule has 0 unspecified atom stereocenters. The predicted octanol–water partition coefficient (Wildman–Crippen LogP) is 1.87. The fourth-order valence-electron chi connectivity index (χ4n) is 3.51. The number of carbonyl (C=O) groups excluding carboxylic acids is 3. The van der Waals surface area contributed by atoms with E-state index in [1.54, 1.807) is 22.9 Å². The summed E-state index contributed by atoms with van der Waals surface area (Å²) in [6, 6.07) is 6.08. The molecule has 4 atom stereocenters. The molecule has 0 amide bonds. The molecular formula is C19H20N2O9. The van der Waals surface area contributed by atoms with E-state index < -0.39 is 47.4 Å².